The number of carbonyl (C=O) groups is 6. The van der Waals surface area contributed by atoms with Crippen LogP contribution in [0.15, 0.2) is 219 Å². The van der Waals surface area contributed by atoms with Crippen LogP contribution in [0.2, 0.25) is 0 Å². The maximum absolute atomic E-state index is 13.7. The fraction of sp³-hybridized carbons (Fsp3) is 0.343. The number of Topliss-reactive ketones (excluding diaryl/α,β-unsaturated/α-hetero) is 2. The Labute approximate surface area is 743 Å². The van der Waals surface area contributed by atoms with E-state index in [1.54, 1.807) is 23.2 Å². The topological polar surface area (TPSA) is 290 Å². The van der Waals surface area contributed by atoms with Gasteiger partial charge >= 0.3 is 24.2 Å². The fourth-order valence-corrected chi connectivity index (χ4v) is 16.9. The molecule has 9 aromatic carbocycles. The lowest BCUT2D eigenvalue weighted by Gasteiger charge is -2.37. The first-order valence-electron chi connectivity index (χ1n) is 44.6. The lowest BCUT2D eigenvalue weighted by atomic mass is 9.96. The third-order valence-electron chi connectivity index (χ3n) is 23.5. The van der Waals surface area contributed by atoms with E-state index < -0.39 is 35.0 Å². The summed E-state index contributed by atoms with van der Waals surface area (Å²) in [7, 11) is 0. The zero-order chi connectivity index (χ0) is 89.3. The number of hydrogen-bond acceptors (Lipinski definition) is 18. The molecule has 3 aliphatic carbocycles. The molecule has 3 amide bonds. The number of fused-ring (bicyclic) bond motifs is 3. The quantitative estimate of drug-likeness (QED) is 0.0264. The van der Waals surface area contributed by atoms with E-state index in [2.05, 4.69) is 83.1 Å². The first kappa shape index (κ1) is 88.6. The van der Waals surface area contributed by atoms with Crippen molar-refractivity contribution in [1.29, 1.82) is 0 Å². The van der Waals surface area contributed by atoms with Crippen LogP contribution in [0.25, 0.3) is 65.7 Å². The number of carbonyl (C=O) groups excluding carboxylic acids is 5. The number of aromatic nitrogens is 3. The Morgan fingerprint density at radius 3 is 1.20 bits per heavy atom. The van der Waals surface area contributed by atoms with Gasteiger partial charge in [-0.15, -0.1) is 0 Å². The van der Waals surface area contributed by atoms with Gasteiger partial charge in [0.15, 0.2) is 11.6 Å². The number of anilines is 7. The van der Waals surface area contributed by atoms with Crippen LogP contribution < -0.4 is 42.1 Å². The van der Waals surface area contributed by atoms with Crippen LogP contribution in [0.5, 0.6) is 0 Å². The lowest BCUT2D eigenvalue weighted by Crippen LogP contribution is -2.50. The zero-order valence-electron chi connectivity index (χ0n) is 74.3. The minimum Gasteiger partial charge on any atom is -0.477 e. The number of aromatic carboxylic acids is 1. The molecule has 22 heteroatoms. The van der Waals surface area contributed by atoms with Crippen molar-refractivity contribution in [2.75, 3.05) is 102 Å². The number of ketones is 2. The average Bonchev–Trinajstić information content (AvgIpc) is 1.74. The number of rotatable bonds is 18. The minimum absolute atomic E-state index is 0.0111. The fourth-order valence-electron chi connectivity index (χ4n) is 16.9. The van der Waals surface area contributed by atoms with Crippen LogP contribution in [-0.2, 0) is 27.1 Å². The third-order valence-corrected chi connectivity index (χ3v) is 23.5. The molecule has 0 radical (unpaired) electrons. The van der Waals surface area contributed by atoms with Crippen molar-refractivity contribution in [3.63, 3.8) is 0 Å². The van der Waals surface area contributed by atoms with Crippen LogP contribution in [0.1, 0.15) is 197 Å². The van der Waals surface area contributed by atoms with E-state index in [-0.39, 0.29) is 36.2 Å². The van der Waals surface area contributed by atoms with E-state index in [1.807, 2.05) is 220 Å². The molecule has 6 aliphatic rings. The molecule has 6 heterocycles. The maximum atomic E-state index is 13.7. The van der Waals surface area contributed by atoms with Crippen molar-refractivity contribution >= 4 is 108 Å². The Morgan fingerprint density at radius 1 is 0.394 bits per heavy atom. The molecule has 127 heavy (non-hydrogen) atoms. The molecular weight excluding hydrogens is 1590 g/mol. The summed E-state index contributed by atoms with van der Waals surface area (Å²) in [6, 6.07) is 65.7. The summed E-state index contributed by atoms with van der Waals surface area (Å²) in [5, 5.41) is 24.6. The number of benzene rings is 9. The Morgan fingerprint density at radius 2 is 0.772 bits per heavy atom. The molecule has 3 aromatic heterocycles. The summed E-state index contributed by atoms with van der Waals surface area (Å²) in [5.41, 5.74) is 29.6. The predicted molar refractivity (Wildman–Crippen MR) is 510 cm³/mol. The predicted octanol–water partition coefficient (Wildman–Crippen LogP) is 21.9. The van der Waals surface area contributed by atoms with Gasteiger partial charge in [0, 0.05) is 141 Å². The number of pyridine rings is 3. The molecule has 6 fully saturated rings. The Hall–Kier alpha value is -13.2. The van der Waals surface area contributed by atoms with Gasteiger partial charge in [-0.25, -0.2) is 24.2 Å². The Balaban J connectivity index is 0.000000134. The van der Waals surface area contributed by atoms with Gasteiger partial charge in [0.2, 0.25) is 0 Å². The summed E-state index contributed by atoms with van der Waals surface area (Å²) in [6.45, 7) is 25.6. The lowest BCUT2D eigenvalue weighted by molar-refractivity contribution is 0.0239. The molecule has 22 nitrogen and oxygen atoms in total. The standard InChI is InChI=1S/C36H39N3O3.C30H30N4O.C22H27N3O4.C17H20N2O2/c1-36(2,3)42-35(41)38-30-16-14-26(24-10-6-4-7-11-24)20-28(30)22-33(40)31-21-27-15-17-32(39-18-8-5-9-19-39)34(25-12-13-25)29(27)23-37-31;31-26-10-8-22(20-4-2-1-3-5-20)16-24(26)18-29(35)27-17-23-9-11-28(34-14-12-32-13-15-34)30(21-6-7-21)25(23)19-33-27;1-22(2,3)29-21(28)25-10-8-24(9-11-25)18-7-6-15-12-17(20(26)27)23-13-16(15)19(18)14-4-5-14;1-17(2,3)21-16(20)19-15-10-9-13(11-14(15)18)12-7-5-4-6-8-12/h4,6-7,10-11,14-17,20-21,23,25H,5,8-9,12-13,18-19,22H2,1-3H3,(H,38,41);1-5,8-11,16-17,19,21,32H,6-7,12-15,18,31H2;6-7,12-14H,4-5,8-11H2,1-3H3,(H,26,27);4-11H,18H2,1-3H3,(H,19,20). The maximum Gasteiger partial charge on any atom is 0.412 e. The van der Waals surface area contributed by atoms with Gasteiger partial charge in [0.25, 0.3) is 0 Å². The molecule has 656 valence electrons. The smallest absolute Gasteiger partial charge is 0.412 e. The number of nitrogen functional groups attached to an aromatic ring is 2. The van der Waals surface area contributed by atoms with Crippen molar-refractivity contribution in [2.45, 2.75) is 167 Å². The van der Waals surface area contributed by atoms with Gasteiger partial charge < -0.3 is 55.7 Å². The summed E-state index contributed by atoms with van der Waals surface area (Å²) < 4.78 is 16.2. The number of carboxylic acid groups (broad SMARTS) is 1. The highest BCUT2D eigenvalue weighted by Crippen LogP contribution is 2.51. The number of piperazine rings is 2. The van der Waals surface area contributed by atoms with Gasteiger partial charge in [0.1, 0.15) is 33.9 Å². The van der Waals surface area contributed by atoms with Crippen molar-refractivity contribution in [2.24, 2.45) is 0 Å². The van der Waals surface area contributed by atoms with E-state index in [9.17, 15) is 33.9 Å². The van der Waals surface area contributed by atoms with Crippen LogP contribution in [0.3, 0.4) is 0 Å². The van der Waals surface area contributed by atoms with E-state index in [0.717, 1.165) is 131 Å². The van der Waals surface area contributed by atoms with Crippen LogP contribution >= 0.6 is 0 Å². The van der Waals surface area contributed by atoms with Gasteiger partial charge in [-0.2, -0.15) is 0 Å². The molecule has 3 saturated carbocycles. The third kappa shape index (κ3) is 22.9. The number of amides is 3. The largest absolute Gasteiger partial charge is 0.477 e. The number of carboxylic acids is 1. The van der Waals surface area contributed by atoms with Gasteiger partial charge in [-0.1, -0.05) is 127 Å². The van der Waals surface area contributed by atoms with Crippen LogP contribution in [-0.4, -0.2) is 143 Å². The van der Waals surface area contributed by atoms with Crippen molar-refractivity contribution < 1.29 is 48.1 Å². The van der Waals surface area contributed by atoms with Gasteiger partial charge in [-0.3, -0.25) is 30.2 Å². The zero-order valence-corrected chi connectivity index (χ0v) is 74.3. The molecule has 0 spiro atoms. The first-order valence-corrected chi connectivity index (χ1v) is 44.6. The molecule has 8 N–H and O–H groups in total. The molecule has 12 aromatic rings. The second kappa shape index (κ2) is 38.7. The van der Waals surface area contributed by atoms with E-state index in [4.69, 9.17) is 30.7 Å². The molecule has 0 unspecified atom stereocenters. The Bertz CT molecular complexity index is 6010. The van der Waals surface area contributed by atoms with E-state index in [1.165, 1.54) is 84.1 Å². The Kier molecular flexibility index (Phi) is 27.0. The highest BCUT2D eigenvalue weighted by atomic mass is 16.6. The van der Waals surface area contributed by atoms with Gasteiger partial charge in [-0.05, 0) is 288 Å². The second-order valence-corrected chi connectivity index (χ2v) is 36.9. The minimum atomic E-state index is -1.01. The second-order valence-electron chi connectivity index (χ2n) is 36.9. The van der Waals surface area contributed by atoms with E-state index >= 15 is 0 Å². The summed E-state index contributed by atoms with van der Waals surface area (Å²) in [5.74, 6) is 0.561. The molecule has 0 bridgehead atoms. The van der Waals surface area contributed by atoms with E-state index in [0.29, 0.717) is 70.5 Å². The summed E-state index contributed by atoms with van der Waals surface area (Å²) >= 11 is 0. The molecular formula is C105H116N12O10. The molecule has 3 saturated heterocycles. The number of nitrogens with zero attached hydrogens (tertiary/aromatic N) is 7. The van der Waals surface area contributed by atoms with Crippen molar-refractivity contribution in [3.05, 3.63) is 264 Å². The monoisotopic (exact) mass is 1700 g/mol. The summed E-state index contributed by atoms with van der Waals surface area (Å²) in [6.07, 6.45) is 15.5. The van der Waals surface area contributed by atoms with Gasteiger partial charge in [0.05, 0.1) is 11.4 Å². The average molecular weight is 1710 g/mol. The number of hydrogen-bond donors (Lipinski definition) is 6. The van der Waals surface area contributed by atoms with Crippen molar-refractivity contribution in [3.8, 4) is 33.4 Å². The van der Waals surface area contributed by atoms with Crippen molar-refractivity contribution in [1.82, 2.24) is 25.2 Å². The highest BCUT2D eigenvalue weighted by Gasteiger charge is 2.36. The normalized spacial score (nSPS) is 15.3. The van der Waals surface area contributed by atoms with Crippen LogP contribution in [0.4, 0.5) is 54.2 Å². The summed E-state index contributed by atoms with van der Waals surface area (Å²) in [4.78, 5) is 97.5. The SMILES string of the molecule is CC(C)(C)OC(=O)N1CCN(c2ccc3cc(C(=O)O)ncc3c2C2CC2)CC1.CC(C)(C)OC(=O)Nc1ccc(-c2ccccc2)cc1CC(=O)c1cc2ccc(N3CCCCC3)c(C3CC3)c2cn1.CC(C)(C)OC(=O)Nc1ccc(-c2ccccc2)cc1N.Nc1ccc(-c2ccccc2)cc1CC(=O)c1cc2ccc(N3CCNCC3)c(C3CC3)c2cn1. The number of ether oxygens (including phenoxy) is 3. The van der Waals surface area contributed by atoms with Crippen LogP contribution in [0, 0.1) is 0 Å². The number of nitrogens with one attached hydrogen (secondary N) is 3. The molecule has 18 rings (SSSR count). The number of nitrogens with two attached hydrogens (primary N) is 2. The molecule has 0 atom stereocenters. The highest BCUT2D eigenvalue weighted by molar-refractivity contribution is 6.04. The first-order chi connectivity index (χ1) is 61.0. The molecule has 3 aliphatic heterocycles. The number of piperidine rings is 1.